The Kier molecular flexibility index (Phi) is 3.60. The van der Waals surface area contributed by atoms with Gasteiger partial charge in [0.15, 0.2) is 11.6 Å². The van der Waals surface area contributed by atoms with Crippen LogP contribution in [0.25, 0.3) is 5.82 Å². The van der Waals surface area contributed by atoms with E-state index in [0.29, 0.717) is 18.2 Å². The summed E-state index contributed by atoms with van der Waals surface area (Å²) >= 11 is 0. The zero-order valence-corrected chi connectivity index (χ0v) is 10.6. The number of carbonyl (C=O) groups is 1. The van der Waals surface area contributed by atoms with Crippen molar-refractivity contribution in [3.63, 3.8) is 0 Å². The van der Waals surface area contributed by atoms with Crippen molar-refractivity contribution in [3.05, 3.63) is 24.2 Å². The number of nitrogens with one attached hydrogen (secondary N) is 1. The van der Waals surface area contributed by atoms with Gasteiger partial charge < -0.3 is 15.8 Å². The van der Waals surface area contributed by atoms with Crippen LogP contribution < -0.4 is 11.1 Å². The molecule has 19 heavy (non-hydrogen) atoms. The molecule has 0 fully saturated rings. The first-order valence-corrected chi connectivity index (χ1v) is 5.66. The summed E-state index contributed by atoms with van der Waals surface area (Å²) < 4.78 is 6.05. The number of nitrogen functional groups attached to an aromatic ring is 1. The normalized spacial score (nSPS) is 10.2. The van der Waals surface area contributed by atoms with Crippen LogP contribution in [0, 0.1) is 0 Å². The van der Waals surface area contributed by atoms with Gasteiger partial charge in [-0.2, -0.15) is 4.68 Å². The molecule has 0 unspecified atom stereocenters. The number of carbonyl (C=O) groups excluding carboxylic acids is 1. The molecule has 0 atom stereocenters. The molecular formula is C11H14N6O2. The quantitative estimate of drug-likeness (QED) is 0.770. The maximum Gasteiger partial charge on any atom is 0.345 e. The van der Waals surface area contributed by atoms with Crippen molar-refractivity contribution >= 4 is 17.6 Å². The van der Waals surface area contributed by atoms with Crippen LogP contribution in [0.1, 0.15) is 17.3 Å². The average Bonchev–Trinajstić information content (AvgIpc) is 2.76. The van der Waals surface area contributed by atoms with Crippen LogP contribution in [-0.2, 0) is 4.74 Å². The molecule has 2 aromatic heterocycles. The smallest absolute Gasteiger partial charge is 0.345 e. The van der Waals surface area contributed by atoms with E-state index in [1.807, 2.05) is 6.92 Å². The van der Waals surface area contributed by atoms with E-state index < -0.39 is 5.97 Å². The van der Waals surface area contributed by atoms with Gasteiger partial charge in [-0.3, -0.25) is 4.98 Å². The van der Waals surface area contributed by atoms with Crippen LogP contribution in [0.15, 0.2) is 18.6 Å². The molecule has 0 aliphatic carbocycles. The van der Waals surface area contributed by atoms with E-state index in [0.717, 1.165) is 0 Å². The number of nitrogens with zero attached hydrogens (tertiary/aromatic N) is 4. The molecule has 0 radical (unpaired) electrons. The molecule has 0 spiro atoms. The molecule has 2 aromatic rings. The molecule has 2 rings (SSSR count). The second-order valence-electron chi connectivity index (χ2n) is 3.61. The van der Waals surface area contributed by atoms with E-state index in [-0.39, 0.29) is 11.4 Å². The first kappa shape index (κ1) is 12.8. The summed E-state index contributed by atoms with van der Waals surface area (Å²) in [5, 5.41) is 7.18. The van der Waals surface area contributed by atoms with Gasteiger partial charge in [0.05, 0.1) is 13.3 Å². The third-order valence-electron chi connectivity index (χ3n) is 2.42. The van der Waals surface area contributed by atoms with Gasteiger partial charge in [0.2, 0.25) is 0 Å². The van der Waals surface area contributed by atoms with E-state index in [1.165, 1.54) is 30.4 Å². The number of aromatic nitrogens is 4. The zero-order valence-electron chi connectivity index (χ0n) is 10.6. The van der Waals surface area contributed by atoms with Crippen LogP contribution >= 0.6 is 0 Å². The summed E-state index contributed by atoms with van der Waals surface area (Å²) in [5.41, 5.74) is 6.12. The van der Waals surface area contributed by atoms with E-state index in [1.54, 1.807) is 0 Å². The van der Waals surface area contributed by atoms with Crippen LogP contribution in [0.5, 0.6) is 0 Å². The molecule has 0 saturated carbocycles. The number of methoxy groups -OCH3 is 1. The summed E-state index contributed by atoms with van der Waals surface area (Å²) in [6, 6.07) is 0. The lowest BCUT2D eigenvalue weighted by molar-refractivity contribution is 0.0603. The Labute approximate surface area is 109 Å². The van der Waals surface area contributed by atoms with Gasteiger partial charge in [-0.15, -0.1) is 5.10 Å². The topological polar surface area (TPSA) is 108 Å². The van der Waals surface area contributed by atoms with Gasteiger partial charge in [0, 0.05) is 18.9 Å². The van der Waals surface area contributed by atoms with Crippen molar-refractivity contribution in [3.8, 4) is 5.82 Å². The summed E-state index contributed by atoms with van der Waals surface area (Å²) in [6.45, 7) is 2.49. The third kappa shape index (κ3) is 2.32. The summed E-state index contributed by atoms with van der Waals surface area (Å²) in [7, 11) is 1.29. The van der Waals surface area contributed by atoms with E-state index >= 15 is 0 Å². The molecule has 2 heterocycles. The van der Waals surface area contributed by atoms with Crippen molar-refractivity contribution < 1.29 is 9.53 Å². The van der Waals surface area contributed by atoms with E-state index in [2.05, 4.69) is 20.4 Å². The number of ether oxygens (including phenoxy) is 1. The Balaban J connectivity index is 2.55. The fraction of sp³-hybridized carbons (Fsp3) is 0.273. The zero-order chi connectivity index (χ0) is 13.8. The monoisotopic (exact) mass is 262 g/mol. The number of rotatable bonds is 4. The second kappa shape index (κ2) is 5.34. The average molecular weight is 262 g/mol. The minimum Gasteiger partial charge on any atom is -0.465 e. The number of nitrogens with two attached hydrogens (primary N) is 1. The number of hydrogen-bond acceptors (Lipinski definition) is 7. The van der Waals surface area contributed by atoms with Gasteiger partial charge in [0.1, 0.15) is 11.4 Å². The molecule has 8 heteroatoms. The van der Waals surface area contributed by atoms with Crippen molar-refractivity contribution in [2.75, 3.05) is 24.7 Å². The van der Waals surface area contributed by atoms with Gasteiger partial charge in [-0.25, -0.2) is 9.78 Å². The molecule has 0 aliphatic rings. The molecular weight excluding hydrogens is 248 g/mol. The number of anilines is 2. The second-order valence-corrected chi connectivity index (χ2v) is 3.61. The fourth-order valence-electron chi connectivity index (χ4n) is 1.60. The highest BCUT2D eigenvalue weighted by Gasteiger charge is 2.23. The Hall–Kier alpha value is -2.64. The SMILES string of the molecule is CCNc1nn(-c2cnccn2)c(N)c1C(=O)OC. The number of hydrogen-bond donors (Lipinski definition) is 2. The van der Waals surface area contributed by atoms with Crippen molar-refractivity contribution in [1.82, 2.24) is 19.7 Å². The lowest BCUT2D eigenvalue weighted by atomic mass is 10.3. The summed E-state index contributed by atoms with van der Waals surface area (Å²) in [6.07, 6.45) is 4.55. The summed E-state index contributed by atoms with van der Waals surface area (Å²) in [5.74, 6) is 0.388. The van der Waals surface area contributed by atoms with Crippen LogP contribution in [-0.4, -0.2) is 39.4 Å². The minimum atomic E-state index is -0.552. The highest BCUT2D eigenvalue weighted by Crippen LogP contribution is 2.24. The van der Waals surface area contributed by atoms with Crippen molar-refractivity contribution in [1.29, 1.82) is 0 Å². The van der Waals surface area contributed by atoms with Gasteiger partial charge in [-0.05, 0) is 6.92 Å². The largest absolute Gasteiger partial charge is 0.465 e. The molecule has 100 valence electrons. The Morgan fingerprint density at radius 2 is 2.32 bits per heavy atom. The van der Waals surface area contributed by atoms with Gasteiger partial charge in [-0.1, -0.05) is 0 Å². The minimum absolute atomic E-state index is 0.156. The lowest BCUT2D eigenvalue weighted by Gasteiger charge is -2.02. The predicted molar refractivity (Wildman–Crippen MR) is 69.1 cm³/mol. The molecule has 8 nitrogen and oxygen atoms in total. The van der Waals surface area contributed by atoms with Gasteiger partial charge in [0.25, 0.3) is 0 Å². The highest BCUT2D eigenvalue weighted by molar-refractivity contribution is 5.99. The standard InChI is InChI=1S/C11H14N6O2/c1-3-14-10-8(11(18)19-2)9(12)17(16-10)7-6-13-4-5-15-7/h4-6H,3,12H2,1-2H3,(H,14,16). The van der Waals surface area contributed by atoms with Crippen LogP contribution in [0.2, 0.25) is 0 Å². The first-order valence-electron chi connectivity index (χ1n) is 5.66. The molecule has 3 N–H and O–H groups in total. The fourth-order valence-corrected chi connectivity index (χ4v) is 1.60. The number of esters is 1. The van der Waals surface area contributed by atoms with Gasteiger partial charge >= 0.3 is 5.97 Å². The van der Waals surface area contributed by atoms with E-state index in [4.69, 9.17) is 10.5 Å². The first-order chi connectivity index (χ1) is 9.19. The van der Waals surface area contributed by atoms with E-state index in [9.17, 15) is 4.79 Å². The Bertz CT molecular complexity index is 580. The molecule has 0 amide bonds. The maximum atomic E-state index is 11.7. The molecule has 0 aliphatic heterocycles. The lowest BCUT2D eigenvalue weighted by Crippen LogP contribution is -2.09. The highest BCUT2D eigenvalue weighted by atomic mass is 16.5. The molecule has 0 bridgehead atoms. The van der Waals surface area contributed by atoms with Crippen LogP contribution in [0.4, 0.5) is 11.6 Å². The summed E-state index contributed by atoms with van der Waals surface area (Å²) in [4.78, 5) is 19.8. The predicted octanol–water partition coefficient (Wildman–Crippen LogP) is 0.463. The van der Waals surface area contributed by atoms with Crippen molar-refractivity contribution in [2.45, 2.75) is 6.92 Å². The Morgan fingerprint density at radius 1 is 1.53 bits per heavy atom. The van der Waals surface area contributed by atoms with Crippen molar-refractivity contribution in [2.24, 2.45) is 0 Å². The maximum absolute atomic E-state index is 11.7. The third-order valence-corrected chi connectivity index (χ3v) is 2.42. The molecule has 0 aromatic carbocycles. The Morgan fingerprint density at radius 3 is 2.89 bits per heavy atom. The van der Waals surface area contributed by atoms with Crippen LogP contribution in [0.3, 0.4) is 0 Å². The molecule has 0 saturated heterocycles.